The summed E-state index contributed by atoms with van der Waals surface area (Å²) in [6.07, 6.45) is 2.47. The molecule has 20 heavy (non-hydrogen) atoms. The van der Waals surface area contributed by atoms with E-state index in [1.165, 1.54) is 0 Å². The van der Waals surface area contributed by atoms with Gasteiger partial charge in [0.25, 0.3) is 0 Å². The Kier molecular flexibility index (Phi) is 5.87. The standard InChI is InChI=1S/C13H25N5O2/c1-4-12-11(5-7-20-12)9-18-13(15-16-17-18)10(2)14-6-8-19-3/h10-12,14H,4-9H2,1-3H3. The maximum absolute atomic E-state index is 5.73. The molecule has 0 spiro atoms. The fourth-order valence-corrected chi connectivity index (χ4v) is 2.70. The summed E-state index contributed by atoms with van der Waals surface area (Å²) >= 11 is 0. The molecule has 1 aliphatic rings. The van der Waals surface area contributed by atoms with Crippen molar-refractivity contribution in [1.29, 1.82) is 0 Å². The van der Waals surface area contributed by atoms with Gasteiger partial charge in [0.15, 0.2) is 5.82 Å². The lowest BCUT2D eigenvalue weighted by molar-refractivity contribution is 0.0820. The molecule has 3 atom stereocenters. The van der Waals surface area contributed by atoms with Crippen molar-refractivity contribution in [2.24, 2.45) is 5.92 Å². The van der Waals surface area contributed by atoms with Crippen molar-refractivity contribution in [2.75, 3.05) is 26.9 Å². The Balaban J connectivity index is 1.94. The number of hydrogen-bond acceptors (Lipinski definition) is 6. The van der Waals surface area contributed by atoms with Gasteiger partial charge in [-0.15, -0.1) is 5.10 Å². The molecule has 1 aromatic heterocycles. The van der Waals surface area contributed by atoms with Gasteiger partial charge >= 0.3 is 0 Å². The van der Waals surface area contributed by atoms with E-state index in [9.17, 15) is 0 Å². The fourth-order valence-electron chi connectivity index (χ4n) is 2.70. The van der Waals surface area contributed by atoms with Gasteiger partial charge in [-0.3, -0.25) is 0 Å². The third kappa shape index (κ3) is 3.74. The lowest BCUT2D eigenvalue weighted by Crippen LogP contribution is -2.28. The highest BCUT2D eigenvalue weighted by Gasteiger charge is 2.28. The molecule has 114 valence electrons. The minimum atomic E-state index is 0.113. The highest BCUT2D eigenvalue weighted by molar-refractivity contribution is 4.91. The summed E-state index contributed by atoms with van der Waals surface area (Å²) in [4.78, 5) is 0. The summed E-state index contributed by atoms with van der Waals surface area (Å²) in [5.41, 5.74) is 0. The van der Waals surface area contributed by atoms with Crippen molar-refractivity contribution in [3.63, 3.8) is 0 Å². The van der Waals surface area contributed by atoms with Crippen LogP contribution in [-0.4, -0.2) is 53.2 Å². The molecule has 2 rings (SSSR count). The number of aromatic nitrogens is 4. The lowest BCUT2D eigenvalue weighted by Gasteiger charge is -2.18. The van der Waals surface area contributed by atoms with Crippen LogP contribution in [0, 0.1) is 5.92 Å². The number of tetrazole rings is 1. The number of ether oxygens (including phenoxy) is 2. The maximum Gasteiger partial charge on any atom is 0.167 e. The summed E-state index contributed by atoms with van der Waals surface area (Å²) in [5.74, 6) is 1.39. The highest BCUT2D eigenvalue weighted by Crippen LogP contribution is 2.25. The second kappa shape index (κ2) is 7.66. The van der Waals surface area contributed by atoms with Crippen molar-refractivity contribution in [3.8, 4) is 0 Å². The zero-order chi connectivity index (χ0) is 14.4. The Morgan fingerprint density at radius 3 is 3.15 bits per heavy atom. The molecule has 1 N–H and O–H groups in total. The van der Waals surface area contributed by atoms with Gasteiger partial charge in [0.2, 0.25) is 0 Å². The molecule has 2 heterocycles. The van der Waals surface area contributed by atoms with E-state index in [1.807, 2.05) is 4.68 Å². The van der Waals surface area contributed by atoms with Crippen LogP contribution in [0.1, 0.15) is 38.6 Å². The Labute approximate surface area is 120 Å². The molecule has 1 aliphatic heterocycles. The molecule has 0 saturated carbocycles. The fraction of sp³-hybridized carbons (Fsp3) is 0.923. The molecule has 1 aromatic rings. The van der Waals surface area contributed by atoms with Crippen LogP contribution in [0.3, 0.4) is 0 Å². The summed E-state index contributed by atoms with van der Waals surface area (Å²) in [5, 5.41) is 15.4. The Morgan fingerprint density at radius 1 is 1.55 bits per heavy atom. The van der Waals surface area contributed by atoms with Crippen molar-refractivity contribution in [1.82, 2.24) is 25.5 Å². The average Bonchev–Trinajstić information content (AvgIpc) is 3.08. The molecule has 1 fully saturated rings. The first kappa shape index (κ1) is 15.3. The monoisotopic (exact) mass is 283 g/mol. The van der Waals surface area contributed by atoms with Gasteiger partial charge in [-0.25, -0.2) is 4.68 Å². The normalized spacial score (nSPS) is 24.1. The zero-order valence-electron chi connectivity index (χ0n) is 12.6. The highest BCUT2D eigenvalue weighted by atomic mass is 16.5. The van der Waals surface area contributed by atoms with Crippen LogP contribution in [0.2, 0.25) is 0 Å². The topological polar surface area (TPSA) is 74.1 Å². The average molecular weight is 283 g/mol. The SMILES string of the molecule is CCC1OCCC1Cn1nnnc1C(C)NCCOC. The van der Waals surface area contributed by atoms with E-state index in [2.05, 4.69) is 34.7 Å². The van der Waals surface area contributed by atoms with Crippen LogP contribution in [0.5, 0.6) is 0 Å². The van der Waals surface area contributed by atoms with E-state index in [-0.39, 0.29) is 6.04 Å². The second-order valence-corrected chi connectivity index (χ2v) is 5.25. The van der Waals surface area contributed by atoms with E-state index in [0.29, 0.717) is 18.6 Å². The number of nitrogens with one attached hydrogen (secondary N) is 1. The first-order valence-corrected chi connectivity index (χ1v) is 7.36. The predicted molar refractivity (Wildman–Crippen MR) is 74.2 cm³/mol. The molecule has 0 bridgehead atoms. The van der Waals surface area contributed by atoms with Gasteiger partial charge < -0.3 is 14.8 Å². The van der Waals surface area contributed by atoms with Crippen molar-refractivity contribution in [2.45, 2.75) is 45.4 Å². The van der Waals surface area contributed by atoms with Crippen LogP contribution in [-0.2, 0) is 16.0 Å². The van der Waals surface area contributed by atoms with Gasteiger partial charge in [0, 0.05) is 26.2 Å². The van der Waals surface area contributed by atoms with Crippen molar-refractivity contribution < 1.29 is 9.47 Å². The predicted octanol–water partition coefficient (Wildman–Crippen LogP) is 0.785. The van der Waals surface area contributed by atoms with Crippen LogP contribution in [0.4, 0.5) is 0 Å². The smallest absolute Gasteiger partial charge is 0.167 e. The Bertz CT molecular complexity index is 398. The van der Waals surface area contributed by atoms with E-state index >= 15 is 0 Å². The van der Waals surface area contributed by atoms with E-state index < -0.39 is 0 Å². The first-order chi connectivity index (χ1) is 9.76. The number of nitrogens with zero attached hydrogens (tertiary/aromatic N) is 4. The molecule has 1 saturated heterocycles. The molecule has 3 unspecified atom stereocenters. The van der Waals surface area contributed by atoms with Crippen LogP contribution in [0.15, 0.2) is 0 Å². The molecular formula is C13H25N5O2. The Hall–Kier alpha value is -1.05. The molecule has 0 radical (unpaired) electrons. The number of rotatable bonds is 8. The van der Waals surface area contributed by atoms with Gasteiger partial charge in [-0.05, 0) is 30.2 Å². The van der Waals surface area contributed by atoms with Gasteiger partial charge in [-0.1, -0.05) is 6.92 Å². The summed E-state index contributed by atoms with van der Waals surface area (Å²) in [6, 6.07) is 0.113. The molecule has 0 aromatic carbocycles. The van der Waals surface area contributed by atoms with Crippen LogP contribution < -0.4 is 5.32 Å². The molecule has 0 amide bonds. The van der Waals surface area contributed by atoms with E-state index in [0.717, 1.165) is 38.4 Å². The Morgan fingerprint density at radius 2 is 2.40 bits per heavy atom. The third-order valence-corrected chi connectivity index (χ3v) is 3.86. The lowest BCUT2D eigenvalue weighted by atomic mass is 10.00. The van der Waals surface area contributed by atoms with Gasteiger partial charge in [0.05, 0.1) is 25.3 Å². The van der Waals surface area contributed by atoms with Crippen LogP contribution in [0.25, 0.3) is 0 Å². The zero-order valence-corrected chi connectivity index (χ0v) is 12.6. The summed E-state index contributed by atoms with van der Waals surface area (Å²) < 4.78 is 12.7. The van der Waals surface area contributed by atoms with Gasteiger partial charge in [-0.2, -0.15) is 0 Å². The van der Waals surface area contributed by atoms with Gasteiger partial charge in [0.1, 0.15) is 0 Å². The quantitative estimate of drug-likeness (QED) is 0.711. The minimum Gasteiger partial charge on any atom is -0.383 e. The molecule has 7 heteroatoms. The molecule has 0 aliphatic carbocycles. The third-order valence-electron chi connectivity index (χ3n) is 3.86. The minimum absolute atomic E-state index is 0.113. The molecule has 7 nitrogen and oxygen atoms in total. The number of hydrogen-bond donors (Lipinski definition) is 1. The summed E-state index contributed by atoms with van der Waals surface area (Å²) in [7, 11) is 1.70. The van der Waals surface area contributed by atoms with E-state index in [4.69, 9.17) is 9.47 Å². The van der Waals surface area contributed by atoms with Crippen molar-refractivity contribution >= 4 is 0 Å². The van der Waals surface area contributed by atoms with Crippen molar-refractivity contribution in [3.05, 3.63) is 5.82 Å². The molecular weight excluding hydrogens is 258 g/mol. The number of methoxy groups -OCH3 is 1. The summed E-state index contributed by atoms with van der Waals surface area (Å²) in [6.45, 7) is 7.38. The maximum atomic E-state index is 5.73. The second-order valence-electron chi connectivity index (χ2n) is 5.25. The largest absolute Gasteiger partial charge is 0.383 e. The van der Waals surface area contributed by atoms with Crippen LogP contribution >= 0.6 is 0 Å². The van der Waals surface area contributed by atoms with E-state index in [1.54, 1.807) is 7.11 Å². The first-order valence-electron chi connectivity index (χ1n) is 7.36.